The van der Waals surface area contributed by atoms with Gasteiger partial charge < -0.3 is 20.9 Å². The van der Waals surface area contributed by atoms with Crippen molar-refractivity contribution in [1.29, 1.82) is 0 Å². The highest BCUT2D eigenvalue weighted by Crippen LogP contribution is 2.24. The Balaban J connectivity index is 2.40. The van der Waals surface area contributed by atoms with E-state index in [1.807, 2.05) is 6.07 Å². The van der Waals surface area contributed by atoms with Gasteiger partial charge in [0.25, 0.3) is 0 Å². The monoisotopic (exact) mass is 378 g/mol. The quantitative estimate of drug-likeness (QED) is 0.430. The second-order valence-corrected chi connectivity index (χ2v) is 6.81. The van der Waals surface area contributed by atoms with Crippen molar-refractivity contribution in [2.75, 3.05) is 13.2 Å². The summed E-state index contributed by atoms with van der Waals surface area (Å²) in [6, 6.07) is 6.05. The van der Waals surface area contributed by atoms with Crippen LogP contribution in [-0.2, 0) is 16.0 Å². The van der Waals surface area contributed by atoms with Crippen LogP contribution < -0.4 is 20.9 Å². The van der Waals surface area contributed by atoms with Gasteiger partial charge in [0.05, 0.1) is 13.2 Å². The fraction of sp³-hybridized carbons (Fsp3) is 0.619. The van der Waals surface area contributed by atoms with Crippen molar-refractivity contribution >= 4 is 11.8 Å². The molecule has 1 rings (SSSR count). The molecular weight excluding hydrogens is 344 g/mol. The normalized spacial score (nSPS) is 10.6. The Morgan fingerprint density at radius 3 is 1.67 bits per heavy atom. The summed E-state index contributed by atoms with van der Waals surface area (Å²) in [5.41, 5.74) is 11.5. The summed E-state index contributed by atoms with van der Waals surface area (Å²) >= 11 is 0. The number of aryl methyl sites for hydroxylation is 1. The molecule has 0 spiro atoms. The van der Waals surface area contributed by atoms with Crippen molar-refractivity contribution in [2.45, 2.75) is 71.1 Å². The lowest BCUT2D eigenvalue weighted by Gasteiger charge is -2.12. The standard InChI is InChI=1S/C21H34N2O4/c1-2-9-17-14-18(26-12-7-3-5-10-20(22)24)16-19(15-17)27-13-8-4-6-11-21(23)25/h14-16H,2-13H2,1H3,(H2,22,24)(H2,23,25). The second-order valence-electron chi connectivity index (χ2n) is 6.81. The van der Waals surface area contributed by atoms with E-state index >= 15 is 0 Å². The van der Waals surface area contributed by atoms with Gasteiger partial charge in [-0.25, -0.2) is 0 Å². The molecule has 152 valence electrons. The molecule has 0 saturated heterocycles. The zero-order valence-corrected chi connectivity index (χ0v) is 16.5. The molecule has 1 aromatic rings. The number of hydrogen-bond donors (Lipinski definition) is 2. The van der Waals surface area contributed by atoms with E-state index in [9.17, 15) is 9.59 Å². The van der Waals surface area contributed by atoms with Gasteiger partial charge in [-0.15, -0.1) is 0 Å². The highest BCUT2D eigenvalue weighted by atomic mass is 16.5. The van der Waals surface area contributed by atoms with Crippen LogP contribution in [0.25, 0.3) is 0 Å². The molecule has 0 aliphatic heterocycles. The Kier molecular flexibility index (Phi) is 11.7. The van der Waals surface area contributed by atoms with Crippen LogP contribution in [0.2, 0.25) is 0 Å². The fourth-order valence-electron chi connectivity index (χ4n) is 2.77. The number of benzene rings is 1. The number of carbonyl (C=O) groups excluding carboxylic acids is 2. The number of unbranched alkanes of at least 4 members (excludes halogenated alkanes) is 4. The third-order valence-electron chi connectivity index (χ3n) is 4.15. The summed E-state index contributed by atoms with van der Waals surface area (Å²) in [5.74, 6) is 1.14. The summed E-state index contributed by atoms with van der Waals surface area (Å²) in [7, 11) is 0. The lowest BCUT2D eigenvalue weighted by atomic mass is 10.1. The average Bonchev–Trinajstić information content (AvgIpc) is 2.60. The number of amides is 2. The van der Waals surface area contributed by atoms with Crippen molar-refractivity contribution in [3.05, 3.63) is 23.8 Å². The minimum atomic E-state index is -0.250. The minimum Gasteiger partial charge on any atom is -0.493 e. The van der Waals surface area contributed by atoms with Gasteiger partial charge in [-0.3, -0.25) is 9.59 Å². The third-order valence-corrected chi connectivity index (χ3v) is 4.15. The maximum absolute atomic E-state index is 10.7. The van der Waals surface area contributed by atoms with Crippen molar-refractivity contribution in [3.8, 4) is 11.5 Å². The molecule has 0 aliphatic rings. The summed E-state index contributed by atoms with van der Waals surface area (Å²) in [5, 5.41) is 0. The Labute approximate surface area is 162 Å². The van der Waals surface area contributed by atoms with Gasteiger partial charge in [0.1, 0.15) is 11.5 Å². The molecule has 0 aliphatic carbocycles. The molecule has 0 fully saturated rings. The van der Waals surface area contributed by atoms with Crippen molar-refractivity contribution in [3.63, 3.8) is 0 Å². The Morgan fingerprint density at radius 1 is 0.778 bits per heavy atom. The van der Waals surface area contributed by atoms with Crippen LogP contribution in [0.5, 0.6) is 11.5 Å². The Bertz CT molecular complexity index is 531. The molecule has 6 nitrogen and oxygen atoms in total. The van der Waals surface area contributed by atoms with Crippen molar-refractivity contribution in [2.24, 2.45) is 11.5 Å². The average molecular weight is 379 g/mol. The topological polar surface area (TPSA) is 105 Å². The van der Waals surface area contributed by atoms with E-state index in [1.54, 1.807) is 0 Å². The molecule has 0 bridgehead atoms. The first-order valence-corrected chi connectivity index (χ1v) is 9.97. The van der Waals surface area contributed by atoms with Crippen LogP contribution in [0.3, 0.4) is 0 Å². The van der Waals surface area contributed by atoms with Gasteiger partial charge in [0.2, 0.25) is 11.8 Å². The molecule has 0 unspecified atom stereocenters. The minimum absolute atomic E-state index is 0.250. The van der Waals surface area contributed by atoms with Crippen LogP contribution in [-0.4, -0.2) is 25.0 Å². The van der Waals surface area contributed by atoms with E-state index in [-0.39, 0.29) is 11.8 Å². The number of carbonyl (C=O) groups is 2. The van der Waals surface area contributed by atoms with E-state index in [0.717, 1.165) is 62.9 Å². The summed E-state index contributed by atoms with van der Waals surface area (Å²) < 4.78 is 11.7. The molecule has 27 heavy (non-hydrogen) atoms. The van der Waals surface area contributed by atoms with E-state index in [4.69, 9.17) is 20.9 Å². The van der Waals surface area contributed by atoms with Crippen LogP contribution in [0.4, 0.5) is 0 Å². The zero-order chi connectivity index (χ0) is 19.9. The molecule has 0 saturated carbocycles. The fourth-order valence-corrected chi connectivity index (χ4v) is 2.77. The Hall–Kier alpha value is -2.24. The molecule has 2 amide bonds. The van der Waals surface area contributed by atoms with E-state index < -0.39 is 0 Å². The molecule has 0 radical (unpaired) electrons. The van der Waals surface area contributed by atoms with E-state index in [2.05, 4.69) is 19.1 Å². The van der Waals surface area contributed by atoms with Gasteiger partial charge in [-0.05, 0) is 62.6 Å². The number of ether oxygens (including phenoxy) is 2. The SMILES string of the molecule is CCCc1cc(OCCCCCC(N)=O)cc(OCCCCCC(N)=O)c1. The molecule has 0 atom stereocenters. The first-order chi connectivity index (χ1) is 13.0. The number of nitrogens with two attached hydrogens (primary N) is 2. The number of rotatable bonds is 16. The zero-order valence-electron chi connectivity index (χ0n) is 16.5. The van der Waals surface area contributed by atoms with Crippen LogP contribution in [0, 0.1) is 0 Å². The maximum atomic E-state index is 10.7. The van der Waals surface area contributed by atoms with Gasteiger partial charge in [0.15, 0.2) is 0 Å². The maximum Gasteiger partial charge on any atom is 0.217 e. The third kappa shape index (κ3) is 11.9. The predicted molar refractivity (Wildman–Crippen MR) is 107 cm³/mol. The smallest absolute Gasteiger partial charge is 0.217 e. The molecule has 0 heterocycles. The van der Waals surface area contributed by atoms with Crippen LogP contribution in [0.15, 0.2) is 18.2 Å². The predicted octanol–water partition coefficient (Wildman–Crippen LogP) is 3.49. The summed E-state index contributed by atoms with van der Waals surface area (Å²) in [4.78, 5) is 21.4. The van der Waals surface area contributed by atoms with Gasteiger partial charge in [-0.2, -0.15) is 0 Å². The summed E-state index contributed by atoms with van der Waals surface area (Å²) in [6.45, 7) is 3.37. The van der Waals surface area contributed by atoms with Gasteiger partial charge >= 0.3 is 0 Å². The highest BCUT2D eigenvalue weighted by Gasteiger charge is 2.04. The highest BCUT2D eigenvalue weighted by molar-refractivity contribution is 5.73. The largest absolute Gasteiger partial charge is 0.493 e. The lowest BCUT2D eigenvalue weighted by molar-refractivity contribution is -0.119. The van der Waals surface area contributed by atoms with Crippen LogP contribution >= 0.6 is 0 Å². The van der Waals surface area contributed by atoms with Crippen LogP contribution in [0.1, 0.15) is 70.3 Å². The molecule has 1 aromatic carbocycles. The first kappa shape index (κ1) is 22.8. The summed E-state index contributed by atoms with van der Waals surface area (Å²) in [6.07, 6.45) is 8.14. The first-order valence-electron chi connectivity index (χ1n) is 9.97. The molecule has 0 aromatic heterocycles. The van der Waals surface area contributed by atoms with Gasteiger partial charge in [0, 0.05) is 18.9 Å². The van der Waals surface area contributed by atoms with E-state index in [0.29, 0.717) is 26.1 Å². The molecule has 4 N–H and O–H groups in total. The van der Waals surface area contributed by atoms with Crippen molar-refractivity contribution < 1.29 is 19.1 Å². The Morgan fingerprint density at radius 2 is 1.26 bits per heavy atom. The number of primary amides is 2. The lowest BCUT2D eigenvalue weighted by Crippen LogP contribution is -2.10. The molecular formula is C21H34N2O4. The van der Waals surface area contributed by atoms with E-state index in [1.165, 1.54) is 5.56 Å². The second kappa shape index (κ2) is 13.9. The number of hydrogen-bond acceptors (Lipinski definition) is 4. The van der Waals surface area contributed by atoms with Crippen molar-refractivity contribution in [1.82, 2.24) is 0 Å². The molecule has 6 heteroatoms. The van der Waals surface area contributed by atoms with Gasteiger partial charge in [-0.1, -0.05) is 13.3 Å².